The molecule has 0 radical (unpaired) electrons. The van der Waals surface area contributed by atoms with E-state index in [1.165, 1.54) is 22.9 Å². The molecule has 0 spiro atoms. The van der Waals surface area contributed by atoms with Crippen LogP contribution in [0, 0.1) is 12.8 Å². The van der Waals surface area contributed by atoms with E-state index >= 15 is 0 Å². The monoisotopic (exact) mass is 794 g/mol. The zero-order valence-corrected chi connectivity index (χ0v) is 34.4. The lowest BCUT2D eigenvalue weighted by atomic mass is 9.74. The Bertz CT molecular complexity index is 2980. The Morgan fingerprint density at radius 1 is 0.897 bits per heavy atom. The lowest BCUT2D eigenvalue weighted by Crippen LogP contribution is -2.38. The molecule has 3 atom stereocenters. The minimum absolute atomic E-state index is 0.147. The molecule has 10 rings (SSSR count). The number of hydrogen-bond donors (Lipinski definition) is 1. The molecule has 0 bridgehead atoms. The predicted molar refractivity (Wildman–Crippen MR) is 240 cm³/mol. The Morgan fingerprint density at radius 2 is 1.62 bits per heavy atom. The van der Waals surface area contributed by atoms with Crippen LogP contribution in [0.25, 0.3) is 51.5 Å². The number of thioether (sulfide) groups is 1. The van der Waals surface area contributed by atoms with Crippen LogP contribution < -0.4 is 16.5 Å². The molecule has 3 aliphatic rings. The third-order valence-corrected chi connectivity index (χ3v) is 13.6. The minimum atomic E-state index is -0.169. The maximum absolute atomic E-state index is 5.78. The maximum atomic E-state index is 5.78. The van der Waals surface area contributed by atoms with Gasteiger partial charge in [0.25, 0.3) is 0 Å². The molecule has 0 amide bonds. The number of rotatable bonds is 7. The summed E-state index contributed by atoms with van der Waals surface area (Å²) in [5.41, 5.74) is 9.85. The Hall–Kier alpha value is -6.10. The van der Waals surface area contributed by atoms with Crippen molar-refractivity contribution in [2.45, 2.75) is 51.4 Å². The number of nitrogens with two attached hydrogens (primary N) is 1. The zero-order chi connectivity index (χ0) is 39.7. The number of hydrazone groups is 1. The molecular weight excluding hydrogens is 753 g/mol. The second kappa shape index (κ2) is 14.1. The van der Waals surface area contributed by atoms with Gasteiger partial charge in [-0.3, -0.25) is 9.13 Å². The van der Waals surface area contributed by atoms with Gasteiger partial charge in [-0.15, -0.1) is 21.5 Å². The number of hydrogen-bond acceptors (Lipinski definition) is 8. The summed E-state index contributed by atoms with van der Waals surface area (Å²) >= 11 is 3.14. The first-order chi connectivity index (χ1) is 28.2. The van der Waals surface area contributed by atoms with Crippen molar-refractivity contribution >= 4 is 56.9 Å². The van der Waals surface area contributed by atoms with Gasteiger partial charge in [-0.1, -0.05) is 117 Å². The van der Waals surface area contributed by atoms with Crippen molar-refractivity contribution in [3.8, 4) is 22.8 Å². The van der Waals surface area contributed by atoms with E-state index in [1.807, 2.05) is 13.8 Å². The first-order valence-electron chi connectivity index (χ1n) is 19.6. The molecule has 10 heteroatoms. The molecule has 2 N–H and O–H groups in total. The Morgan fingerprint density at radius 3 is 2.26 bits per heavy atom. The van der Waals surface area contributed by atoms with Gasteiger partial charge in [0.15, 0.2) is 0 Å². The molecule has 0 fully saturated rings. The van der Waals surface area contributed by atoms with Crippen LogP contribution in [-0.2, 0) is 5.41 Å². The molecule has 3 heterocycles. The van der Waals surface area contributed by atoms with Crippen molar-refractivity contribution in [2.24, 2.45) is 16.9 Å². The summed E-state index contributed by atoms with van der Waals surface area (Å²) in [5.74, 6) is 8.21. The average Bonchev–Trinajstić information content (AvgIpc) is 4.00. The smallest absolute Gasteiger partial charge is 0.145 e. The SMILES string of the molecule is C=C(C)S/C(=N\N)c1ccc(-c2nc3c(n2-c2ccccc2)=CC2C(C=3)c3cc4nc(C5=CCC(c6nnc(C)s6)C=C5)n(-c5ccccc5)c4cc3C2(C)C)cc1. The fourth-order valence-electron chi connectivity index (χ4n) is 8.96. The van der Waals surface area contributed by atoms with Gasteiger partial charge in [0.2, 0.25) is 0 Å². The van der Waals surface area contributed by atoms with E-state index in [9.17, 15) is 0 Å². The fourth-order valence-corrected chi connectivity index (χ4v) is 10.4. The topological polar surface area (TPSA) is 99.8 Å². The summed E-state index contributed by atoms with van der Waals surface area (Å²) in [4.78, 5) is 11.7. The highest BCUT2D eigenvalue weighted by Crippen LogP contribution is 2.54. The quantitative estimate of drug-likeness (QED) is 0.0748. The van der Waals surface area contributed by atoms with Crippen molar-refractivity contribution < 1.29 is 0 Å². The molecule has 4 aromatic carbocycles. The van der Waals surface area contributed by atoms with Gasteiger partial charge in [-0.05, 0) is 90.1 Å². The number of aromatic nitrogens is 6. The highest BCUT2D eigenvalue weighted by atomic mass is 32.2. The van der Waals surface area contributed by atoms with Crippen molar-refractivity contribution in [2.75, 3.05) is 0 Å². The highest BCUT2D eigenvalue weighted by Gasteiger charge is 2.46. The van der Waals surface area contributed by atoms with Crippen molar-refractivity contribution in [1.29, 1.82) is 0 Å². The van der Waals surface area contributed by atoms with E-state index < -0.39 is 0 Å². The third kappa shape index (κ3) is 6.01. The number of benzene rings is 4. The van der Waals surface area contributed by atoms with Gasteiger partial charge in [-0.2, -0.15) is 5.10 Å². The lowest BCUT2D eigenvalue weighted by molar-refractivity contribution is 0.421. The molecule has 3 aliphatic carbocycles. The van der Waals surface area contributed by atoms with Crippen LogP contribution in [0.1, 0.15) is 71.6 Å². The van der Waals surface area contributed by atoms with Crippen LogP contribution in [0.3, 0.4) is 0 Å². The second-order valence-corrected chi connectivity index (χ2v) is 18.4. The van der Waals surface area contributed by atoms with Crippen LogP contribution in [0.15, 0.2) is 132 Å². The molecule has 0 aliphatic heterocycles. The molecule has 0 saturated carbocycles. The first-order valence-corrected chi connectivity index (χ1v) is 21.2. The Balaban J connectivity index is 1.10. The molecule has 286 valence electrons. The summed E-state index contributed by atoms with van der Waals surface area (Å²) in [5, 5.41) is 17.6. The number of allylic oxidation sites excluding steroid dienone is 5. The van der Waals surface area contributed by atoms with Crippen molar-refractivity contribution in [1.82, 2.24) is 29.3 Å². The molecule has 8 nitrogen and oxygen atoms in total. The van der Waals surface area contributed by atoms with E-state index in [4.69, 9.17) is 15.8 Å². The number of aryl methyl sites for hydroxylation is 1. The first kappa shape index (κ1) is 36.3. The molecular formula is C48H42N8S2. The summed E-state index contributed by atoms with van der Waals surface area (Å²) in [6.07, 6.45) is 12.5. The maximum Gasteiger partial charge on any atom is 0.145 e. The third-order valence-electron chi connectivity index (χ3n) is 11.7. The van der Waals surface area contributed by atoms with E-state index in [1.54, 1.807) is 11.3 Å². The summed E-state index contributed by atoms with van der Waals surface area (Å²) in [7, 11) is 0. The van der Waals surface area contributed by atoms with E-state index in [2.05, 4.69) is 172 Å². The normalized spacial score (nSPS) is 19.2. The van der Waals surface area contributed by atoms with Crippen molar-refractivity contribution in [3.63, 3.8) is 0 Å². The van der Waals surface area contributed by atoms with Gasteiger partial charge in [0.05, 0.1) is 21.7 Å². The summed E-state index contributed by atoms with van der Waals surface area (Å²) < 4.78 is 4.65. The summed E-state index contributed by atoms with van der Waals surface area (Å²) in [6.45, 7) is 12.8. The van der Waals surface area contributed by atoms with Crippen LogP contribution in [0.2, 0.25) is 0 Å². The molecule has 58 heavy (non-hydrogen) atoms. The van der Waals surface area contributed by atoms with Gasteiger partial charge >= 0.3 is 0 Å². The van der Waals surface area contributed by atoms with E-state index in [0.29, 0.717) is 0 Å². The highest BCUT2D eigenvalue weighted by molar-refractivity contribution is 8.17. The van der Waals surface area contributed by atoms with Gasteiger partial charge in [0.1, 0.15) is 26.7 Å². The van der Waals surface area contributed by atoms with E-state index in [-0.39, 0.29) is 23.2 Å². The molecule has 3 aromatic heterocycles. The largest absolute Gasteiger partial charge is 0.322 e. The van der Waals surface area contributed by atoms with Gasteiger partial charge < -0.3 is 5.84 Å². The number of fused-ring (bicyclic) bond motifs is 5. The van der Waals surface area contributed by atoms with Gasteiger partial charge in [0, 0.05) is 39.9 Å². The standard InChI is InChI=1S/C48H42N8S2/c1-28(2)57-46(52-49)32-20-16-30(17-21-32)44-50-40-24-36-37-25-41-43(27-39(37)48(4,5)38(36)26-42(40)55(44)34-12-8-6-9-13-34)56(35-14-10-7-11-15-35)45(51-41)31-18-22-33(23-19-31)47-54-53-29(3)58-47/h6-22,24-27,33,36,38H,1,23,49H2,2-5H3/b52-46-. The molecule has 7 aromatic rings. The number of imidazole rings is 2. The second-order valence-electron chi connectivity index (χ2n) is 15.9. The molecule has 3 unspecified atom stereocenters. The van der Waals surface area contributed by atoms with E-state index in [0.717, 1.165) is 87.8 Å². The predicted octanol–water partition coefficient (Wildman–Crippen LogP) is 9.32. The summed E-state index contributed by atoms with van der Waals surface area (Å²) in [6, 6.07) is 34.3. The van der Waals surface area contributed by atoms with Crippen LogP contribution in [-0.4, -0.2) is 34.3 Å². The van der Waals surface area contributed by atoms with Crippen LogP contribution in [0.5, 0.6) is 0 Å². The number of para-hydroxylation sites is 2. The lowest BCUT2D eigenvalue weighted by Gasteiger charge is -2.29. The Labute approximate surface area is 345 Å². The Kier molecular flexibility index (Phi) is 8.80. The van der Waals surface area contributed by atoms with Crippen molar-refractivity contribution in [3.05, 3.63) is 170 Å². The number of nitrogens with zero attached hydrogens (tertiary/aromatic N) is 7. The molecule has 0 saturated heterocycles. The van der Waals surface area contributed by atoms with Crippen LogP contribution >= 0.6 is 23.1 Å². The van der Waals surface area contributed by atoms with Crippen LogP contribution in [0.4, 0.5) is 0 Å². The average molecular weight is 795 g/mol. The zero-order valence-electron chi connectivity index (χ0n) is 32.8. The van der Waals surface area contributed by atoms with Gasteiger partial charge in [-0.25, -0.2) is 9.97 Å². The fraction of sp³-hybridized carbons (Fsp3) is 0.188. The minimum Gasteiger partial charge on any atom is -0.322 e.